The van der Waals surface area contributed by atoms with Crippen LogP contribution >= 0.6 is 0 Å². The second-order valence-corrected chi connectivity index (χ2v) is 3.09. The van der Waals surface area contributed by atoms with Gasteiger partial charge in [-0.15, -0.1) is 0 Å². The van der Waals surface area contributed by atoms with Crippen LogP contribution < -0.4 is 0 Å². The van der Waals surface area contributed by atoms with Gasteiger partial charge in [0.1, 0.15) is 6.61 Å². The number of ether oxygens (including phenoxy) is 2. The Morgan fingerprint density at radius 3 is 2.64 bits per heavy atom. The molecule has 0 unspecified atom stereocenters. The number of unbranched alkanes of at least 4 members (excludes halogenated alkanes) is 4. The van der Waals surface area contributed by atoms with Crippen LogP contribution in [-0.2, 0) is 9.47 Å². The molecule has 0 heterocycles. The summed E-state index contributed by atoms with van der Waals surface area (Å²) in [5.74, 6) is 0. The van der Waals surface area contributed by atoms with Gasteiger partial charge in [0.2, 0.25) is 0 Å². The first-order valence-corrected chi connectivity index (χ1v) is 5.17. The lowest BCUT2D eigenvalue weighted by atomic mass is 10.1. The van der Waals surface area contributed by atoms with Crippen molar-refractivity contribution < 1.29 is 14.3 Å². The van der Waals surface area contributed by atoms with Crippen LogP contribution in [0.3, 0.4) is 0 Å². The number of rotatable bonds is 7. The summed E-state index contributed by atoms with van der Waals surface area (Å²) in [6, 6.07) is 0. The molecule has 0 aromatic rings. The van der Waals surface area contributed by atoms with Crippen LogP contribution in [0.15, 0.2) is 12.2 Å². The number of methoxy groups -OCH3 is 1. The molecule has 3 nitrogen and oxygen atoms in total. The van der Waals surface area contributed by atoms with E-state index in [1.165, 1.54) is 32.8 Å². The summed E-state index contributed by atoms with van der Waals surface area (Å²) >= 11 is 0. The van der Waals surface area contributed by atoms with Crippen LogP contribution in [0.4, 0.5) is 4.79 Å². The topological polar surface area (TPSA) is 35.5 Å². The Labute approximate surface area is 86.1 Å². The van der Waals surface area contributed by atoms with Crippen LogP contribution in [0.25, 0.3) is 0 Å². The molecule has 0 fully saturated rings. The fourth-order valence-corrected chi connectivity index (χ4v) is 1.05. The molecule has 0 radical (unpaired) electrons. The van der Waals surface area contributed by atoms with Gasteiger partial charge in [-0.05, 0) is 12.8 Å². The third-order valence-electron chi connectivity index (χ3n) is 1.86. The SMILES string of the molecule is CCCCCC/C=C\COC(=O)OC. The smallest absolute Gasteiger partial charge is 0.438 e. The zero-order valence-electron chi connectivity index (χ0n) is 9.12. The van der Waals surface area contributed by atoms with Crippen molar-refractivity contribution in [3.05, 3.63) is 12.2 Å². The number of hydrogen-bond acceptors (Lipinski definition) is 3. The van der Waals surface area contributed by atoms with Crippen molar-refractivity contribution in [2.45, 2.75) is 39.0 Å². The number of allylic oxidation sites excluding steroid dienone is 1. The van der Waals surface area contributed by atoms with Gasteiger partial charge < -0.3 is 9.47 Å². The Morgan fingerprint density at radius 2 is 2.00 bits per heavy atom. The molecule has 0 atom stereocenters. The zero-order chi connectivity index (χ0) is 10.6. The summed E-state index contributed by atoms with van der Waals surface area (Å²) in [5, 5.41) is 0. The van der Waals surface area contributed by atoms with Gasteiger partial charge in [0.25, 0.3) is 0 Å². The van der Waals surface area contributed by atoms with E-state index in [1.807, 2.05) is 12.2 Å². The van der Waals surface area contributed by atoms with E-state index < -0.39 is 6.16 Å². The van der Waals surface area contributed by atoms with Crippen molar-refractivity contribution in [3.8, 4) is 0 Å². The lowest BCUT2D eigenvalue weighted by Crippen LogP contribution is -2.03. The molecular weight excluding hydrogens is 180 g/mol. The molecule has 0 spiro atoms. The highest BCUT2D eigenvalue weighted by molar-refractivity contribution is 5.59. The molecule has 0 bridgehead atoms. The average molecular weight is 200 g/mol. The summed E-state index contributed by atoms with van der Waals surface area (Å²) < 4.78 is 8.99. The number of carbonyl (C=O) groups excluding carboxylic acids is 1. The van der Waals surface area contributed by atoms with E-state index in [-0.39, 0.29) is 0 Å². The van der Waals surface area contributed by atoms with E-state index in [0.29, 0.717) is 6.61 Å². The Kier molecular flexibility index (Phi) is 9.38. The Bertz CT molecular complexity index is 164. The van der Waals surface area contributed by atoms with Crippen LogP contribution in [0.1, 0.15) is 39.0 Å². The second-order valence-electron chi connectivity index (χ2n) is 3.09. The lowest BCUT2D eigenvalue weighted by Gasteiger charge is -1.98. The third kappa shape index (κ3) is 9.10. The minimum Gasteiger partial charge on any atom is -0.438 e. The van der Waals surface area contributed by atoms with Gasteiger partial charge in [-0.1, -0.05) is 38.3 Å². The molecule has 82 valence electrons. The molecule has 0 saturated heterocycles. The predicted molar refractivity (Wildman–Crippen MR) is 56.3 cm³/mol. The van der Waals surface area contributed by atoms with Crippen molar-refractivity contribution in [1.29, 1.82) is 0 Å². The van der Waals surface area contributed by atoms with Crippen molar-refractivity contribution in [1.82, 2.24) is 0 Å². The number of hydrogen-bond donors (Lipinski definition) is 0. The summed E-state index contributed by atoms with van der Waals surface area (Å²) in [6.07, 6.45) is 9.37. The van der Waals surface area contributed by atoms with Gasteiger partial charge in [0.15, 0.2) is 0 Å². The maximum absolute atomic E-state index is 10.5. The largest absolute Gasteiger partial charge is 0.508 e. The molecule has 0 aliphatic rings. The first kappa shape index (κ1) is 13.0. The molecule has 0 aliphatic carbocycles. The molecule has 0 rings (SSSR count). The monoisotopic (exact) mass is 200 g/mol. The fraction of sp³-hybridized carbons (Fsp3) is 0.727. The van der Waals surface area contributed by atoms with Crippen molar-refractivity contribution in [2.75, 3.05) is 13.7 Å². The normalized spacial score (nSPS) is 10.4. The van der Waals surface area contributed by atoms with Gasteiger partial charge in [0, 0.05) is 0 Å². The average Bonchev–Trinajstić information content (AvgIpc) is 2.21. The summed E-state index contributed by atoms with van der Waals surface area (Å²) in [4.78, 5) is 10.5. The maximum atomic E-state index is 10.5. The van der Waals surface area contributed by atoms with Gasteiger partial charge in [0.05, 0.1) is 7.11 Å². The highest BCUT2D eigenvalue weighted by Crippen LogP contribution is 2.02. The van der Waals surface area contributed by atoms with Crippen molar-refractivity contribution >= 4 is 6.16 Å². The molecule has 0 aliphatic heterocycles. The van der Waals surface area contributed by atoms with E-state index in [1.54, 1.807) is 0 Å². The molecule has 0 aromatic heterocycles. The Morgan fingerprint density at radius 1 is 1.21 bits per heavy atom. The molecule has 0 N–H and O–H groups in total. The van der Waals surface area contributed by atoms with E-state index >= 15 is 0 Å². The lowest BCUT2D eigenvalue weighted by molar-refractivity contribution is 0.0817. The van der Waals surface area contributed by atoms with Crippen LogP contribution in [0, 0.1) is 0 Å². The van der Waals surface area contributed by atoms with Gasteiger partial charge in [-0.2, -0.15) is 0 Å². The zero-order valence-corrected chi connectivity index (χ0v) is 9.12. The predicted octanol–water partition coefficient (Wildman–Crippen LogP) is 3.30. The van der Waals surface area contributed by atoms with E-state index in [4.69, 9.17) is 0 Å². The summed E-state index contributed by atoms with van der Waals surface area (Å²) in [6.45, 7) is 2.50. The Balaban J connectivity index is 3.15. The summed E-state index contributed by atoms with van der Waals surface area (Å²) in [5.41, 5.74) is 0. The van der Waals surface area contributed by atoms with E-state index in [9.17, 15) is 4.79 Å². The molecule has 0 amide bonds. The Hall–Kier alpha value is -0.990. The molecule has 14 heavy (non-hydrogen) atoms. The molecule has 0 aromatic carbocycles. The fourth-order valence-electron chi connectivity index (χ4n) is 1.05. The molecule has 0 saturated carbocycles. The minimum absolute atomic E-state index is 0.306. The highest BCUT2D eigenvalue weighted by atomic mass is 16.7. The van der Waals surface area contributed by atoms with Crippen LogP contribution in [0.2, 0.25) is 0 Å². The van der Waals surface area contributed by atoms with Crippen molar-refractivity contribution in [2.24, 2.45) is 0 Å². The maximum Gasteiger partial charge on any atom is 0.508 e. The van der Waals surface area contributed by atoms with Crippen LogP contribution in [0.5, 0.6) is 0 Å². The molecular formula is C11H20O3. The van der Waals surface area contributed by atoms with Crippen molar-refractivity contribution in [3.63, 3.8) is 0 Å². The number of carbonyl (C=O) groups is 1. The van der Waals surface area contributed by atoms with E-state index in [2.05, 4.69) is 16.4 Å². The third-order valence-corrected chi connectivity index (χ3v) is 1.86. The molecule has 3 heteroatoms. The first-order valence-electron chi connectivity index (χ1n) is 5.17. The quantitative estimate of drug-likeness (QED) is 0.359. The highest BCUT2D eigenvalue weighted by Gasteiger charge is 1.95. The first-order chi connectivity index (χ1) is 6.81. The van der Waals surface area contributed by atoms with Gasteiger partial charge in [-0.3, -0.25) is 0 Å². The summed E-state index contributed by atoms with van der Waals surface area (Å²) in [7, 11) is 1.30. The standard InChI is InChI=1S/C11H20O3/c1-3-4-5-6-7-8-9-10-14-11(12)13-2/h8-9H,3-7,10H2,1-2H3/b9-8-. The second kappa shape index (κ2) is 10.1. The van der Waals surface area contributed by atoms with E-state index in [0.717, 1.165) is 6.42 Å². The minimum atomic E-state index is -0.624. The van der Waals surface area contributed by atoms with Crippen LogP contribution in [-0.4, -0.2) is 19.9 Å². The van der Waals surface area contributed by atoms with Gasteiger partial charge in [-0.25, -0.2) is 4.79 Å². The van der Waals surface area contributed by atoms with Gasteiger partial charge >= 0.3 is 6.16 Å².